The standard InChI is InChI=1S/C9H10N4.ClH/c10-5-7-2-1-3-8(4-7)6-13-9(11)12;/h1-4H,6H2,(H4,11,12,13);1H. The molecule has 5 heteroatoms. The first-order valence-electron chi connectivity index (χ1n) is 3.77. The molecule has 0 radical (unpaired) electrons. The van der Waals surface area contributed by atoms with Crippen LogP contribution in [0.5, 0.6) is 0 Å². The van der Waals surface area contributed by atoms with Gasteiger partial charge in [-0.25, -0.2) is 4.99 Å². The van der Waals surface area contributed by atoms with E-state index in [0.717, 1.165) is 5.56 Å². The van der Waals surface area contributed by atoms with Crippen LogP contribution in [0.15, 0.2) is 29.3 Å². The van der Waals surface area contributed by atoms with Crippen molar-refractivity contribution in [3.8, 4) is 6.07 Å². The van der Waals surface area contributed by atoms with Crippen molar-refractivity contribution in [3.05, 3.63) is 35.4 Å². The molecule has 0 saturated heterocycles. The molecule has 0 bridgehead atoms. The van der Waals surface area contributed by atoms with Crippen molar-refractivity contribution in [2.24, 2.45) is 16.5 Å². The molecule has 14 heavy (non-hydrogen) atoms. The van der Waals surface area contributed by atoms with E-state index in [1.807, 2.05) is 12.1 Å². The third-order valence-corrected chi connectivity index (χ3v) is 1.50. The molecule has 4 N–H and O–H groups in total. The zero-order chi connectivity index (χ0) is 9.68. The summed E-state index contributed by atoms with van der Waals surface area (Å²) >= 11 is 0. The first-order valence-corrected chi connectivity index (χ1v) is 3.77. The third-order valence-electron chi connectivity index (χ3n) is 1.50. The first kappa shape index (κ1) is 12.3. The molecule has 1 rings (SSSR count). The number of rotatable bonds is 2. The molecule has 74 valence electrons. The number of hydrogen-bond acceptors (Lipinski definition) is 2. The van der Waals surface area contributed by atoms with Crippen molar-refractivity contribution in [3.63, 3.8) is 0 Å². The van der Waals surface area contributed by atoms with Crippen LogP contribution in [0.1, 0.15) is 11.1 Å². The lowest BCUT2D eigenvalue weighted by atomic mass is 10.1. The number of nitrogens with zero attached hydrogens (tertiary/aromatic N) is 2. The van der Waals surface area contributed by atoms with Crippen molar-refractivity contribution < 1.29 is 0 Å². The molecule has 0 atom stereocenters. The Morgan fingerprint density at radius 3 is 2.71 bits per heavy atom. The molecule has 0 aliphatic carbocycles. The van der Waals surface area contributed by atoms with E-state index in [0.29, 0.717) is 12.1 Å². The molecule has 0 aliphatic heterocycles. The van der Waals surface area contributed by atoms with E-state index in [4.69, 9.17) is 16.7 Å². The Hall–Kier alpha value is -1.73. The molecule has 1 aromatic carbocycles. The summed E-state index contributed by atoms with van der Waals surface area (Å²) in [5, 5.41) is 8.60. The van der Waals surface area contributed by atoms with E-state index in [9.17, 15) is 0 Å². The topological polar surface area (TPSA) is 88.2 Å². The zero-order valence-corrected chi connectivity index (χ0v) is 8.29. The van der Waals surface area contributed by atoms with Crippen LogP contribution in [0.2, 0.25) is 0 Å². The smallest absolute Gasteiger partial charge is 0.186 e. The minimum atomic E-state index is 0. The van der Waals surface area contributed by atoms with E-state index in [1.165, 1.54) is 0 Å². The molecule has 0 aliphatic rings. The van der Waals surface area contributed by atoms with Crippen LogP contribution >= 0.6 is 12.4 Å². The van der Waals surface area contributed by atoms with Gasteiger partial charge in [0, 0.05) is 0 Å². The summed E-state index contributed by atoms with van der Waals surface area (Å²) in [5.74, 6) is 0.0577. The van der Waals surface area contributed by atoms with E-state index in [-0.39, 0.29) is 18.4 Å². The van der Waals surface area contributed by atoms with Gasteiger partial charge in [0.2, 0.25) is 0 Å². The van der Waals surface area contributed by atoms with Gasteiger partial charge in [0.15, 0.2) is 5.96 Å². The number of halogens is 1. The summed E-state index contributed by atoms with van der Waals surface area (Å²) in [5.41, 5.74) is 11.9. The Kier molecular flexibility index (Phi) is 5.12. The zero-order valence-electron chi connectivity index (χ0n) is 7.47. The van der Waals surface area contributed by atoms with E-state index >= 15 is 0 Å². The molecule has 0 aromatic heterocycles. The summed E-state index contributed by atoms with van der Waals surface area (Å²) in [6, 6.07) is 9.21. The number of hydrogen-bond donors (Lipinski definition) is 2. The predicted molar refractivity (Wildman–Crippen MR) is 57.9 cm³/mol. The highest BCUT2D eigenvalue weighted by Gasteiger charge is 1.93. The number of nitriles is 1. The van der Waals surface area contributed by atoms with Crippen LogP contribution in [-0.4, -0.2) is 5.96 Å². The lowest BCUT2D eigenvalue weighted by molar-refractivity contribution is 1.05. The van der Waals surface area contributed by atoms with Gasteiger partial charge in [0.05, 0.1) is 18.2 Å². The molecule has 1 aromatic rings. The summed E-state index contributed by atoms with van der Waals surface area (Å²) in [6.07, 6.45) is 0. The predicted octanol–water partition coefficient (Wildman–Crippen LogP) is 0.753. The number of aliphatic imine (C=N–C) groups is 1. The Morgan fingerprint density at radius 1 is 1.43 bits per heavy atom. The fraction of sp³-hybridized carbons (Fsp3) is 0.111. The van der Waals surface area contributed by atoms with Crippen LogP contribution < -0.4 is 11.5 Å². The van der Waals surface area contributed by atoms with Gasteiger partial charge in [-0.1, -0.05) is 12.1 Å². The van der Waals surface area contributed by atoms with Crippen LogP contribution in [-0.2, 0) is 6.54 Å². The van der Waals surface area contributed by atoms with Crippen LogP contribution in [0, 0.1) is 11.3 Å². The average molecular weight is 211 g/mol. The molecule has 0 amide bonds. The maximum atomic E-state index is 8.60. The van der Waals surface area contributed by atoms with Crippen molar-refractivity contribution >= 4 is 18.4 Å². The quantitative estimate of drug-likeness (QED) is 0.558. The van der Waals surface area contributed by atoms with Crippen molar-refractivity contribution in [1.29, 1.82) is 5.26 Å². The highest BCUT2D eigenvalue weighted by Crippen LogP contribution is 2.04. The molecular weight excluding hydrogens is 200 g/mol. The fourth-order valence-corrected chi connectivity index (χ4v) is 0.922. The van der Waals surface area contributed by atoms with E-state index in [2.05, 4.69) is 4.99 Å². The van der Waals surface area contributed by atoms with Gasteiger partial charge in [0.25, 0.3) is 0 Å². The number of benzene rings is 1. The van der Waals surface area contributed by atoms with Gasteiger partial charge in [-0.3, -0.25) is 0 Å². The normalized spacial score (nSPS) is 8.21. The van der Waals surface area contributed by atoms with E-state index in [1.54, 1.807) is 18.2 Å². The van der Waals surface area contributed by atoms with Crippen LogP contribution in [0.4, 0.5) is 0 Å². The lowest BCUT2D eigenvalue weighted by Crippen LogP contribution is -2.22. The second-order valence-electron chi connectivity index (χ2n) is 2.55. The lowest BCUT2D eigenvalue weighted by Gasteiger charge is -1.96. The molecule has 0 spiro atoms. The van der Waals surface area contributed by atoms with Gasteiger partial charge in [-0.05, 0) is 17.7 Å². The van der Waals surface area contributed by atoms with Crippen LogP contribution in [0.3, 0.4) is 0 Å². The SMILES string of the molecule is Cl.N#Cc1cccc(CN=C(N)N)c1. The fourth-order valence-electron chi connectivity index (χ4n) is 0.922. The monoisotopic (exact) mass is 210 g/mol. The van der Waals surface area contributed by atoms with Gasteiger partial charge in [-0.2, -0.15) is 5.26 Å². The Morgan fingerprint density at radius 2 is 2.14 bits per heavy atom. The molecule has 0 fully saturated rings. The number of guanidine groups is 1. The second-order valence-corrected chi connectivity index (χ2v) is 2.55. The maximum Gasteiger partial charge on any atom is 0.186 e. The summed E-state index contributed by atoms with van der Waals surface area (Å²) in [6.45, 7) is 0.415. The summed E-state index contributed by atoms with van der Waals surface area (Å²) in [4.78, 5) is 3.83. The Bertz CT molecular complexity index is 363. The summed E-state index contributed by atoms with van der Waals surface area (Å²) < 4.78 is 0. The highest BCUT2D eigenvalue weighted by atomic mass is 35.5. The largest absolute Gasteiger partial charge is 0.370 e. The second kappa shape index (κ2) is 5.84. The van der Waals surface area contributed by atoms with Gasteiger partial charge in [-0.15, -0.1) is 12.4 Å². The average Bonchev–Trinajstić information content (AvgIpc) is 2.15. The van der Waals surface area contributed by atoms with Crippen LogP contribution in [0.25, 0.3) is 0 Å². The molecule has 4 nitrogen and oxygen atoms in total. The molecule has 0 saturated carbocycles. The minimum Gasteiger partial charge on any atom is -0.370 e. The van der Waals surface area contributed by atoms with Gasteiger partial charge >= 0.3 is 0 Å². The number of nitrogens with two attached hydrogens (primary N) is 2. The Balaban J connectivity index is 0.00000169. The molecular formula is C9H11ClN4. The van der Waals surface area contributed by atoms with Crippen molar-refractivity contribution in [1.82, 2.24) is 0 Å². The van der Waals surface area contributed by atoms with Crippen molar-refractivity contribution in [2.45, 2.75) is 6.54 Å². The van der Waals surface area contributed by atoms with Gasteiger partial charge < -0.3 is 11.5 Å². The molecule has 0 heterocycles. The minimum absolute atomic E-state index is 0. The first-order chi connectivity index (χ1) is 6.22. The molecule has 0 unspecified atom stereocenters. The van der Waals surface area contributed by atoms with E-state index < -0.39 is 0 Å². The van der Waals surface area contributed by atoms with Crippen molar-refractivity contribution in [2.75, 3.05) is 0 Å². The Labute approximate surface area is 88.6 Å². The summed E-state index contributed by atoms with van der Waals surface area (Å²) in [7, 11) is 0. The third kappa shape index (κ3) is 3.78. The maximum absolute atomic E-state index is 8.60. The van der Waals surface area contributed by atoms with Gasteiger partial charge in [0.1, 0.15) is 0 Å². The highest BCUT2D eigenvalue weighted by molar-refractivity contribution is 5.85.